The fourth-order valence-corrected chi connectivity index (χ4v) is 8.89. The Balaban J connectivity index is 4.85. The van der Waals surface area contributed by atoms with Gasteiger partial charge in [-0.2, -0.15) is 0 Å². The molecule has 0 rings (SSSR count). The van der Waals surface area contributed by atoms with Gasteiger partial charge >= 0.3 is 138 Å². The molecule has 5 heteroatoms. The Bertz CT molecular complexity index is 201. The third-order valence-electron chi connectivity index (χ3n) is 2.37. The van der Waals surface area contributed by atoms with Gasteiger partial charge in [-0.15, -0.1) is 0 Å². The molecular weight excluding hydrogens is 375 g/mol. The van der Waals surface area contributed by atoms with Crippen LogP contribution in [-0.2, 0) is 12.3 Å². The number of rotatable bonds is 12. The molecule has 0 fully saturated rings. The minimum atomic E-state index is -3.90. The number of hydrogen-bond acceptors (Lipinski definition) is 4. The molecule has 0 aliphatic carbocycles. The van der Waals surface area contributed by atoms with Crippen molar-refractivity contribution in [3.05, 3.63) is 0 Å². The first-order valence-electron chi connectivity index (χ1n) is 8.22. The first-order valence-corrected chi connectivity index (χ1v) is 12.9. The molecule has 0 aromatic carbocycles. The minimum absolute atomic E-state index is 0.439. The summed E-state index contributed by atoms with van der Waals surface area (Å²) in [7, 11) is 0. The molecule has 0 spiro atoms. The van der Waals surface area contributed by atoms with E-state index in [9.17, 15) is 0 Å². The van der Waals surface area contributed by atoms with Gasteiger partial charge in [-0.3, -0.25) is 0 Å². The Morgan fingerprint density at radius 2 is 0.667 bits per heavy atom. The van der Waals surface area contributed by atoms with E-state index in [1.165, 1.54) is 0 Å². The van der Waals surface area contributed by atoms with Gasteiger partial charge in [0.25, 0.3) is 0 Å². The van der Waals surface area contributed by atoms with Gasteiger partial charge < -0.3 is 0 Å². The summed E-state index contributed by atoms with van der Waals surface area (Å²) in [6, 6.07) is 0. The van der Waals surface area contributed by atoms with Gasteiger partial charge in [-0.25, -0.2) is 0 Å². The summed E-state index contributed by atoms with van der Waals surface area (Å²) in [6.07, 6.45) is 0. The predicted octanol–water partition coefficient (Wildman–Crippen LogP) is 4.11. The summed E-state index contributed by atoms with van der Waals surface area (Å²) in [4.78, 5) is 0. The zero-order chi connectivity index (χ0) is 16.5. The van der Waals surface area contributed by atoms with E-state index < -0.39 is 20.0 Å². The van der Waals surface area contributed by atoms with Crippen molar-refractivity contribution in [2.75, 3.05) is 26.4 Å². The molecule has 0 bridgehead atoms. The summed E-state index contributed by atoms with van der Waals surface area (Å²) >= 11 is -3.90. The Morgan fingerprint density at radius 3 is 0.810 bits per heavy atom. The normalized spacial score (nSPS) is 13.1. The number of hydrogen-bond donors (Lipinski definition) is 0. The van der Waals surface area contributed by atoms with Crippen LogP contribution >= 0.6 is 0 Å². The first kappa shape index (κ1) is 21.6. The van der Waals surface area contributed by atoms with E-state index in [0.717, 1.165) is 0 Å². The molecule has 0 saturated carbocycles. The monoisotopic (exact) mass is 412 g/mol. The molecule has 21 heavy (non-hydrogen) atoms. The molecule has 0 unspecified atom stereocenters. The summed E-state index contributed by atoms with van der Waals surface area (Å²) in [5.74, 6) is 1.76. The van der Waals surface area contributed by atoms with Crippen LogP contribution in [0.3, 0.4) is 0 Å². The van der Waals surface area contributed by atoms with E-state index in [1.54, 1.807) is 0 Å². The molecule has 0 heterocycles. The second-order valence-electron chi connectivity index (χ2n) is 7.32. The van der Waals surface area contributed by atoms with Gasteiger partial charge in [0.05, 0.1) is 0 Å². The maximum absolute atomic E-state index is 6.09. The van der Waals surface area contributed by atoms with Gasteiger partial charge in [0.15, 0.2) is 0 Å². The van der Waals surface area contributed by atoms with Crippen molar-refractivity contribution in [3.8, 4) is 0 Å². The van der Waals surface area contributed by atoms with Crippen LogP contribution in [0.1, 0.15) is 55.4 Å². The van der Waals surface area contributed by atoms with Crippen LogP contribution in [0.25, 0.3) is 0 Å². The Hall–Kier alpha value is 0.639. The van der Waals surface area contributed by atoms with E-state index in [1.807, 2.05) is 0 Å². The van der Waals surface area contributed by atoms with Gasteiger partial charge in [0.2, 0.25) is 0 Å². The molecule has 0 atom stereocenters. The summed E-state index contributed by atoms with van der Waals surface area (Å²) in [6.45, 7) is 19.5. The van der Waals surface area contributed by atoms with E-state index in [4.69, 9.17) is 12.3 Å². The van der Waals surface area contributed by atoms with Crippen molar-refractivity contribution < 1.29 is 12.3 Å². The van der Waals surface area contributed by atoms with Gasteiger partial charge in [-0.05, 0) is 0 Å². The predicted molar refractivity (Wildman–Crippen MR) is 88.9 cm³/mol. The van der Waals surface area contributed by atoms with E-state index in [0.29, 0.717) is 50.1 Å². The fraction of sp³-hybridized carbons (Fsp3) is 1.00. The Morgan fingerprint density at radius 1 is 0.476 bits per heavy atom. The third kappa shape index (κ3) is 11.8. The molecule has 0 saturated heterocycles. The van der Waals surface area contributed by atoms with Crippen LogP contribution in [-0.4, -0.2) is 46.5 Å². The Kier molecular flexibility index (Phi) is 11.6. The van der Waals surface area contributed by atoms with E-state index in [-0.39, 0.29) is 0 Å². The average molecular weight is 411 g/mol. The SMILES string of the molecule is CC(C)C[O][Sn]([O]CC(C)C)([O]CC(C)C)[O]CC(C)C. The molecule has 0 aromatic rings. The third-order valence-corrected chi connectivity index (χ3v) is 8.31. The molecule has 0 amide bonds. The van der Waals surface area contributed by atoms with Gasteiger partial charge in [0, 0.05) is 0 Å². The quantitative estimate of drug-likeness (QED) is 0.453. The molecule has 0 aromatic heterocycles. The average Bonchev–Trinajstić information content (AvgIpc) is 2.36. The molecule has 0 radical (unpaired) electrons. The molecule has 0 aliphatic heterocycles. The maximum atomic E-state index is 6.09. The van der Waals surface area contributed by atoms with Crippen molar-refractivity contribution in [3.63, 3.8) is 0 Å². The molecular formula is C16H36O4Sn. The molecule has 0 aliphatic rings. The van der Waals surface area contributed by atoms with Crippen molar-refractivity contribution in [2.24, 2.45) is 23.7 Å². The summed E-state index contributed by atoms with van der Waals surface area (Å²) < 4.78 is 24.3. The summed E-state index contributed by atoms with van der Waals surface area (Å²) in [5, 5.41) is 0. The Labute approximate surface area is 137 Å². The topological polar surface area (TPSA) is 36.9 Å². The van der Waals surface area contributed by atoms with Crippen LogP contribution in [0.2, 0.25) is 0 Å². The molecule has 128 valence electrons. The van der Waals surface area contributed by atoms with Crippen molar-refractivity contribution in [1.82, 2.24) is 0 Å². The van der Waals surface area contributed by atoms with Gasteiger partial charge in [-0.1, -0.05) is 0 Å². The zero-order valence-corrected chi connectivity index (χ0v) is 18.1. The van der Waals surface area contributed by atoms with Crippen LogP contribution in [0.4, 0.5) is 0 Å². The fourth-order valence-electron chi connectivity index (χ4n) is 1.32. The van der Waals surface area contributed by atoms with Crippen LogP contribution < -0.4 is 0 Å². The van der Waals surface area contributed by atoms with Crippen LogP contribution in [0.5, 0.6) is 0 Å². The molecule has 4 nitrogen and oxygen atoms in total. The van der Waals surface area contributed by atoms with Crippen molar-refractivity contribution >= 4 is 20.0 Å². The van der Waals surface area contributed by atoms with Crippen LogP contribution in [0, 0.1) is 23.7 Å². The standard InChI is InChI=1S/4C4H9O.Sn/c4*1-4(2)3-5;/h4*4H,3H2,1-2H3;/q4*-1;+4. The zero-order valence-electron chi connectivity index (χ0n) is 15.3. The molecule has 0 N–H and O–H groups in total. The van der Waals surface area contributed by atoms with Crippen molar-refractivity contribution in [2.45, 2.75) is 55.4 Å². The first-order chi connectivity index (χ1) is 9.67. The van der Waals surface area contributed by atoms with Crippen LogP contribution in [0.15, 0.2) is 0 Å². The van der Waals surface area contributed by atoms with E-state index >= 15 is 0 Å². The van der Waals surface area contributed by atoms with Gasteiger partial charge in [0.1, 0.15) is 0 Å². The summed E-state index contributed by atoms with van der Waals surface area (Å²) in [5.41, 5.74) is 0. The second-order valence-corrected chi connectivity index (χ2v) is 13.5. The van der Waals surface area contributed by atoms with E-state index in [2.05, 4.69) is 55.4 Å². The van der Waals surface area contributed by atoms with Crippen molar-refractivity contribution in [1.29, 1.82) is 0 Å². The second kappa shape index (κ2) is 11.2.